The number of likely N-dealkylation sites (tertiary alicyclic amines) is 1. The molecule has 1 aromatic rings. The van der Waals surface area contributed by atoms with Gasteiger partial charge in [-0.3, -0.25) is 0 Å². The fraction of sp³-hybridized carbons (Fsp3) is 0.714. The van der Waals surface area contributed by atoms with Crippen LogP contribution in [0, 0.1) is 5.41 Å². The first kappa shape index (κ1) is 14.1. The highest BCUT2D eigenvalue weighted by atomic mass is 15.2. The van der Waals surface area contributed by atoms with Crippen LogP contribution in [0.25, 0.3) is 0 Å². The van der Waals surface area contributed by atoms with Crippen LogP contribution < -0.4 is 10.2 Å². The Morgan fingerprint density at radius 2 is 2.05 bits per heavy atom. The molecule has 106 valence electrons. The summed E-state index contributed by atoms with van der Waals surface area (Å²) in [4.78, 5) is 13.0. The number of nitrogens with one attached hydrogen (secondary N) is 1. The van der Waals surface area contributed by atoms with Crippen LogP contribution >= 0.6 is 0 Å². The van der Waals surface area contributed by atoms with Gasteiger partial charge in [-0.15, -0.1) is 0 Å². The molecule has 0 aliphatic carbocycles. The molecule has 0 amide bonds. The van der Waals surface area contributed by atoms with Crippen LogP contribution in [0.5, 0.6) is 0 Å². The third-order valence-corrected chi connectivity index (χ3v) is 3.93. The van der Waals surface area contributed by atoms with Crippen LogP contribution in [0.3, 0.4) is 0 Å². The predicted octanol–water partition coefficient (Wildman–Crippen LogP) is 1.69. The highest BCUT2D eigenvalue weighted by Crippen LogP contribution is 2.30. The Bertz CT molecular complexity index is 410. The lowest BCUT2D eigenvalue weighted by atomic mass is 9.80. The van der Waals surface area contributed by atoms with Crippen molar-refractivity contribution < 1.29 is 0 Å². The van der Waals surface area contributed by atoms with E-state index in [0.717, 1.165) is 18.3 Å². The summed E-state index contributed by atoms with van der Waals surface area (Å²) in [5.41, 5.74) is 0.371. The van der Waals surface area contributed by atoms with Crippen LogP contribution in [0.1, 0.15) is 19.8 Å². The minimum Gasteiger partial charge on any atom is -0.369 e. The van der Waals surface area contributed by atoms with Crippen LogP contribution in [0.15, 0.2) is 12.3 Å². The van der Waals surface area contributed by atoms with Crippen LogP contribution in [-0.2, 0) is 0 Å². The van der Waals surface area contributed by atoms with Gasteiger partial charge in [0, 0.05) is 26.8 Å². The summed E-state index contributed by atoms with van der Waals surface area (Å²) in [5, 5.41) is 3.47. The molecule has 5 heteroatoms. The summed E-state index contributed by atoms with van der Waals surface area (Å²) >= 11 is 0. The number of nitrogens with zero attached hydrogens (tertiary/aromatic N) is 4. The van der Waals surface area contributed by atoms with Crippen LogP contribution in [0.4, 0.5) is 11.8 Å². The molecule has 0 spiro atoms. The second-order valence-corrected chi connectivity index (χ2v) is 6.10. The number of aromatic nitrogens is 2. The summed E-state index contributed by atoms with van der Waals surface area (Å²) in [6.45, 7) is 5.71. The van der Waals surface area contributed by atoms with Gasteiger partial charge >= 0.3 is 0 Å². The van der Waals surface area contributed by atoms with Gasteiger partial charge in [0.25, 0.3) is 0 Å². The Kier molecular flexibility index (Phi) is 4.24. The molecule has 2 rings (SSSR count). The molecular formula is C14H25N5. The minimum absolute atomic E-state index is 0.371. The van der Waals surface area contributed by atoms with Crippen LogP contribution in [0.2, 0.25) is 0 Å². The van der Waals surface area contributed by atoms with E-state index in [-0.39, 0.29) is 0 Å². The number of anilines is 2. The Morgan fingerprint density at radius 1 is 1.37 bits per heavy atom. The standard InChI is InChI=1S/C14H25N5/c1-14(6-9-19(4)10-7-14)11-16-12-5-8-15-13(17-12)18(2)3/h5,8H,6-7,9-11H2,1-4H3,(H,15,16,17). The summed E-state index contributed by atoms with van der Waals surface area (Å²) < 4.78 is 0. The summed E-state index contributed by atoms with van der Waals surface area (Å²) in [6.07, 6.45) is 4.28. The molecule has 0 atom stereocenters. The van der Waals surface area contributed by atoms with Crippen molar-refractivity contribution in [2.24, 2.45) is 5.41 Å². The first-order chi connectivity index (χ1) is 8.98. The maximum Gasteiger partial charge on any atom is 0.226 e. The van der Waals surface area contributed by atoms with E-state index < -0.39 is 0 Å². The quantitative estimate of drug-likeness (QED) is 0.895. The fourth-order valence-corrected chi connectivity index (χ4v) is 2.30. The normalized spacial score (nSPS) is 19.2. The zero-order valence-corrected chi connectivity index (χ0v) is 12.5. The Labute approximate surface area is 116 Å². The molecular weight excluding hydrogens is 238 g/mol. The van der Waals surface area contributed by atoms with Crippen molar-refractivity contribution in [2.75, 3.05) is 51.0 Å². The molecule has 0 aromatic carbocycles. The molecule has 1 aliphatic rings. The third-order valence-electron chi connectivity index (χ3n) is 3.93. The molecule has 1 N–H and O–H groups in total. The van der Waals surface area contributed by atoms with E-state index >= 15 is 0 Å². The molecule has 5 nitrogen and oxygen atoms in total. The predicted molar refractivity (Wildman–Crippen MR) is 79.7 cm³/mol. The van der Waals surface area contributed by atoms with Gasteiger partial charge in [-0.25, -0.2) is 4.98 Å². The van der Waals surface area contributed by atoms with Gasteiger partial charge in [0.1, 0.15) is 5.82 Å². The van der Waals surface area contributed by atoms with E-state index in [2.05, 4.69) is 34.2 Å². The molecule has 1 aromatic heterocycles. The van der Waals surface area contributed by atoms with Gasteiger partial charge in [0.05, 0.1) is 0 Å². The van der Waals surface area contributed by atoms with Crippen molar-refractivity contribution in [3.05, 3.63) is 12.3 Å². The average molecular weight is 263 g/mol. The van der Waals surface area contributed by atoms with Crippen molar-refractivity contribution in [1.82, 2.24) is 14.9 Å². The fourth-order valence-electron chi connectivity index (χ4n) is 2.30. The Hall–Kier alpha value is -1.36. The molecule has 0 saturated carbocycles. The highest BCUT2D eigenvalue weighted by Gasteiger charge is 2.28. The van der Waals surface area contributed by atoms with Gasteiger partial charge in [-0.05, 0) is 44.5 Å². The van der Waals surface area contributed by atoms with Gasteiger partial charge in [0.2, 0.25) is 5.95 Å². The molecule has 1 fully saturated rings. The third kappa shape index (κ3) is 3.80. The number of rotatable bonds is 4. The molecule has 1 saturated heterocycles. The lowest BCUT2D eigenvalue weighted by Gasteiger charge is -2.38. The number of hydrogen-bond donors (Lipinski definition) is 1. The van der Waals surface area contributed by atoms with Gasteiger partial charge in [0.15, 0.2) is 0 Å². The molecule has 19 heavy (non-hydrogen) atoms. The highest BCUT2D eigenvalue weighted by molar-refractivity contribution is 5.40. The van der Waals surface area contributed by atoms with Gasteiger partial charge < -0.3 is 15.1 Å². The van der Waals surface area contributed by atoms with Crippen molar-refractivity contribution in [3.63, 3.8) is 0 Å². The Morgan fingerprint density at radius 3 is 2.68 bits per heavy atom. The lowest BCUT2D eigenvalue weighted by molar-refractivity contribution is 0.150. The maximum atomic E-state index is 4.50. The molecule has 0 radical (unpaired) electrons. The summed E-state index contributed by atoms with van der Waals surface area (Å²) in [7, 11) is 6.11. The summed E-state index contributed by atoms with van der Waals surface area (Å²) in [6, 6.07) is 1.94. The first-order valence-electron chi connectivity index (χ1n) is 6.91. The maximum absolute atomic E-state index is 4.50. The van der Waals surface area contributed by atoms with E-state index in [1.165, 1.54) is 25.9 Å². The zero-order valence-electron chi connectivity index (χ0n) is 12.5. The monoisotopic (exact) mass is 263 g/mol. The number of hydrogen-bond acceptors (Lipinski definition) is 5. The van der Waals surface area contributed by atoms with E-state index in [1.54, 1.807) is 0 Å². The van der Waals surface area contributed by atoms with Crippen molar-refractivity contribution >= 4 is 11.8 Å². The largest absolute Gasteiger partial charge is 0.369 e. The van der Waals surface area contributed by atoms with E-state index in [4.69, 9.17) is 0 Å². The van der Waals surface area contributed by atoms with Gasteiger partial charge in [-0.1, -0.05) is 6.92 Å². The lowest BCUT2D eigenvalue weighted by Crippen LogP contribution is -2.40. The second kappa shape index (κ2) is 5.74. The second-order valence-electron chi connectivity index (χ2n) is 6.10. The number of piperidine rings is 1. The van der Waals surface area contributed by atoms with Crippen molar-refractivity contribution in [3.8, 4) is 0 Å². The van der Waals surface area contributed by atoms with E-state index in [0.29, 0.717) is 5.41 Å². The molecule has 0 bridgehead atoms. The minimum atomic E-state index is 0.371. The van der Waals surface area contributed by atoms with Gasteiger partial charge in [-0.2, -0.15) is 4.98 Å². The average Bonchev–Trinajstić information content (AvgIpc) is 2.41. The van der Waals surface area contributed by atoms with Crippen molar-refractivity contribution in [2.45, 2.75) is 19.8 Å². The zero-order chi connectivity index (χ0) is 13.9. The Balaban J connectivity index is 1.93. The van der Waals surface area contributed by atoms with E-state index in [1.807, 2.05) is 31.3 Å². The smallest absolute Gasteiger partial charge is 0.226 e. The summed E-state index contributed by atoms with van der Waals surface area (Å²) in [5.74, 6) is 1.66. The molecule has 1 aliphatic heterocycles. The van der Waals surface area contributed by atoms with Crippen LogP contribution in [-0.4, -0.2) is 55.6 Å². The topological polar surface area (TPSA) is 44.3 Å². The van der Waals surface area contributed by atoms with E-state index in [9.17, 15) is 0 Å². The molecule has 0 unspecified atom stereocenters. The SMILES string of the molecule is CN1CCC(C)(CNc2ccnc(N(C)C)n2)CC1. The van der Waals surface area contributed by atoms with Crippen molar-refractivity contribution in [1.29, 1.82) is 0 Å². The first-order valence-corrected chi connectivity index (χ1v) is 6.91. The molecule has 2 heterocycles.